The van der Waals surface area contributed by atoms with Gasteiger partial charge in [0.15, 0.2) is 0 Å². The molecule has 1 aromatic rings. The molecule has 102 valence electrons. The molecule has 1 fully saturated rings. The summed E-state index contributed by atoms with van der Waals surface area (Å²) in [7, 11) is 3.12. The molecule has 1 atom stereocenters. The first-order chi connectivity index (χ1) is 8.26. The summed E-state index contributed by atoms with van der Waals surface area (Å²) in [5.74, 6) is 1.33. The zero-order valence-corrected chi connectivity index (χ0v) is 11.3. The summed E-state index contributed by atoms with van der Waals surface area (Å²) in [6.07, 6.45) is 0. The van der Waals surface area contributed by atoms with E-state index in [9.17, 15) is 5.11 Å². The lowest BCUT2D eigenvalue weighted by Crippen LogP contribution is -2.34. The summed E-state index contributed by atoms with van der Waals surface area (Å²) in [6, 6.07) is 3.28. The third-order valence-electron chi connectivity index (χ3n) is 2.82. The molecule has 0 radical (unpaired) electrons. The van der Waals surface area contributed by atoms with Gasteiger partial charge in [-0.05, 0) is 0 Å². The Morgan fingerprint density at radius 2 is 2.11 bits per heavy atom. The fourth-order valence-corrected chi connectivity index (χ4v) is 1.98. The van der Waals surface area contributed by atoms with Crippen molar-refractivity contribution in [2.24, 2.45) is 0 Å². The number of methoxy groups -OCH3 is 2. The number of ether oxygens (including phenoxy) is 3. The molecule has 0 aliphatic carbocycles. The fraction of sp³-hybridized carbons (Fsp3) is 0.500. The number of rotatable bonds is 3. The Kier molecular flexibility index (Phi) is 5.53. The summed E-state index contributed by atoms with van der Waals surface area (Å²) in [4.78, 5) is 0. The third kappa shape index (κ3) is 2.98. The average molecular weight is 276 g/mol. The number of aromatic hydroxyl groups is 1. The largest absolute Gasteiger partial charge is 0.507 e. The van der Waals surface area contributed by atoms with Crippen molar-refractivity contribution < 1.29 is 19.3 Å². The van der Waals surface area contributed by atoms with Gasteiger partial charge in [-0.3, -0.25) is 0 Å². The lowest BCUT2D eigenvalue weighted by molar-refractivity contribution is 0.0752. The number of phenols is 1. The van der Waals surface area contributed by atoms with E-state index >= 15 is 0 Å². The van der Waals surface area contributed by atoms with Crippen LogP contribution >= 0.6 is 12.4 Å². The average Bonchev–Trinajstić information content (AvgIpc) is 2.38. The molecule has 0 spiro atoms. The maximum atomic E-state index is 10.0. The molecular weight excluding hydrogens is 258 g/mol. The van der Waals surface area contributed by atoms with Crippen LogP contribution in [0.2, 0.25) is 0 Å². The lowest BCUT2D eigenvalue weighted by Gasteiger charge is -2.26. The highest BCUT2D eigenvalue weighted by molar-refractivity contribution is 5.85. The van der Waals surface area contributed by atoms with Crippen molar-refractivity contribution in [2.45, 2.75) is 6.04 Å². The van der Waals surface area contributed by atoms with Gasteiger partial charge in [0.2, 0.25) is 0 Å². The van der Waals surface area contributed by atoms with Gasteiger partial charge in [0.05, 0.1) is 39.0 Å². The molecule has 1 aliphatic rings. The van der Waals surface area contributed by atoms with E-state index in [1.165, 1.54) is 0 Å². The monoisotopic (exact) mass is 275 g/mol. The van der Waals surface area contributed by atoms with Crippen molar-refractivity contribution in [3.63, 3.8) is 0 Å². The van der Waals surface area contributed by atoms with Crippen LogP contribution in [0.4, 0.5) is 0 Å². The van der Waals surface area contributed by atoms with Gasteiger partial charge in [0.1, 0.15) is 17.2 Å². The van der Waals surface area contributed by atoms with Crippen LogP contribution in [0.15, 0.2) is 12.1 Å². The van der Waals surface area contributed by atoms with E-state index < -0.39 is 0 Å². The molecule has 1 heterocycles. The van der Waals surface area contributed by atoms with Crippen LogP contribution in [0.1, 0.15) is 11.6 Å². The molecule has 5 nitrogen and oxygen atoms in total. The predicted molar refractivity (Wildman–Crippen MR) is 70.0 cm³/mol. The maximum Gasteiger partial charge on any atom is 0.131 e. The highest BCUT2D eigenvalue weighted by atomic mass is 35.5. The van der Waals surface area contributed by atoms with Crippen LogP contribution < -0.4 is 14.8 Å². The van der Waals surface area contributed by atoms with E-state index in [4.69, 9.17) is 14.2 Å². The minimum absolute atomic E-state index is 0. The van der Waals surface area contributed by atoms with Crippen LogP contribution in [-0.2, 0) is 4.74 Å². The van der Waals surface area contributed by atoms with Crippen molar-refractivity contribution in [3.05, 3.63) is 17.7 Å². The lowest BCUT2D eigenvalue weighted by atomic mass is 10.0. The molecule has 0 amide bonds. The van der Waals surface area contributed by atoms with Gasteiger partial charge < -0.3 is 24.6 Å². The number of benzene rings is 1. The number of phenolic OH excluding ortho intramolecular Hbond substituents is 1. The summed E-state index contributed by atoms with van der Waals surface area (Å²) in [5.41, 5.74) is 0.716. The Morgan fingerprint density at radius 3 is 2.67 bits per heavy atom. The third-order valence-corrected chi connectivity index (χ3v) is 2.82. The van der Waals surface area contributed by atoms with Gasteiger partial charge in [-0.2, -0.15) is 0 Å². The Hall–Kier alpha value is -1.17. The van der Waals surface area contributed by atoms with Crippen LogP contribution in [0, 0.1) is 0 Å². The molecular formula is C12H18ClNO4. The number of nitrogens with one attached hydrogen (secondary N) is 1. The molecule has 0 unspecified atom stereocenters. The number of hydrogen-bond donors (Lipinski definition) is 2. The predicted octanol–water partition coefficient (Wildman–Crippen LogP) is 1.49. The number of hydrogen-bond acceptors (Lipinski definition) is 5. The highest BCUT2D eigenvalue weighted by Gasteiger charge is 2.23. The van der Waals surface area contributed by atoms with Gasteiger partial charge in [0, 0.05) is 18.7 Å². The van der Waals surface area contributed by atoms with Crippen LogP contribution in [0.3, 0.4) is 0 Å². The van der Waals surface area contributed by atoms with E-state index in [2.05, 4.69) is 5.32 Å². The Balaban J connectivity index is 0.00000162. The second kappa shape index (κ2) is 6.68. The quantitative estimate of drug-likeness (QED) is 0.875. The molecule has 2 N–H and O–H groups in total. The smallest absolute Gasteiger partial charge is 0.131 e. The highest BCUT2D eigenvalue weighted by Crippen LogP contribution is 2.38. The summed E-state index contributed by atoms with van der Waals surface area (Å²) < 4.78 is 15.8. The summed E-state index contributed by atoms with van der Waals surface area (Å²) >= 11 is 0. The number of halogens is 1. The van der Waals surface area contributed by atoms with Crippen molar-refractivity contribution >= 4 is 12.4 Å². The van der Waals surface area contributed by atoms with Crippen molar-refractivity contribution in [2.75, 3.05) is 34.0 Å². The Labute approximate surface area is 112 Å². The molecule has 0 aromatic heterocycles. The minimum Gasteiger partial charge on any atom is -0.507 e. The van der Waals surface area contributed by atoms with Crippen molar-refractivity contribution in [1.82, 2.24) is 5.32 Å². The van der Waals surface area contributed by atoms with Crippen LogP contribution in [-0.4, -0.2) is 39.1 Å². The maximum absolute atomic E-state index is 10.0. The molecule has 6 heteroatoms. The van der Waals surface area contributed by atoms with Crippen molar-refractivity contribution in [3.8, 4) is 17.2 Å². The molecule has 2 rings (SSSR count). The van der Waals surface area contributed by atoms with E-state index in [1.807, 2.05) is 0 Å². The molecule has 1 aromatic carbocycles. The van der Waals surface area contributed by atoms with Crippen LogP contribution in [0.25, 0.3) is 0 Å². The fourth-order valence-electron chi connectivity index (χ4n) is 1.98. The van der Waals surface area contributed by atoms with Crippen molar-refractivity contribution in [1.29, 1.82) is 0 Å². The molecule has 0 bridgehead atoms. The van der Waals surface area contributed by atoms with E-state index in [1.54, 1.807) is 26.4 Å². The molecule has 0 saturated carbocycles. The Morgan fingerprint density at radius 1 is 1.33 bits per heavy atom. The van der Waals surface area contributed by atoms with Gasteiger partial charge in [0.25, 0.3) is 0 Å². The van der Waals surface area contributed by atoms with Gasteiger partial charge in [-0.1, -0.05) is 0 Å². The van der Waals surface area contributed by atoms with E-state index in [0.29, 0.717) is 30.3 Å². The summed E-state index contributed by atoms with van der Waals surface area (Å²) in [6.45, 7) is 1.98. The standard InChI is InChI=1S/C12H17NO4.ClH/c1-15-8-5-10(14)12(11(6-8)16-2)9-7-17-4-3-13-9;/h5-6,9,13-14H,3-4,7H2,1-2H3;1H/t9-;/m1./s1. The minimum atomic E-state index is -0.0513. The first kappa shape index (κ1) is 14.9. The summed E-state index contributed by atoms with van der Waals surface area (Å²) in [5, 5.41) is 13.3. The van der Waals surface area contributed by atoms with Gasteiger partial charge in [-0.15, -0.1) is 12.4 Å². The second-order valence-electron chi connectivity index (χ2n) is 3.84. The SMILES string of the molecule is COc1cc(O)c([C@H]2COCCN2)c(OC)c1.Cl. The molecule has 18 heavy (non-hydrogen) atoms. The zero-order chi connectivity index (χ0) is 12.3. The Bertz CT molecular complexity index is 394. The molecule has 1 aliphatic heterocycles. The molecule has 1 saturated heterocycles. The first-order valence-electron chi connectivity index (χ1n) is 5.52. The zero-order valence-electron chi connectivity index (χ0n) is 10.4. The van der Waals surface area contributed by atoms with E-state index in [-0.39, 0.29) is 24.2 Å². The van der Waals surface area contributed by atoms with Gasteiger partial charge >= 0.3 is 0 Å². The second-order valence-corrected chi connectivity index (χ2v) is 3.84. The van der Waals surface area contributed by atoms with E-state index in [0.717, 1.165) is 6.54 Å². The first-order valence-corrected chi connectivity index (χ1v) is 5.52. The number of morpholine rings is 1. The van der Waals surface area contributed by atoms with Crippen LogP contribution in [0.5, 0.6) is 17.2 Å². The topological polar surface area (TPSA) is 60.0 Å². The van der Waals surface area contributed by atoms with Gasteiger partial charge in [-0.25, -0.2) is 0 Å². The normalized spacial score (nSPS) is 18.9.